The molecule has 0 atom stereocenters. The fourth-order valence-electron chi connectivity index (χ4n) is 4.45. The molecule has 182 valence electrons. The Morgan fingerprint density at radius 1 is 0.971 bits per heavy atom. The normalized spacial score (nSPS) is 13.3. The summed E-state index contributed by atoms with van der Waals surface area (Å²) < 4.78 is 0. The Morgan fingerprint density at radius 3 is 2.21 bits per heavy atom. The lowest BCUT2D eigenvalue weighted by Gasteiger charge is -2.40. The number of halogens is 1. The summed E-state index contributed by atoms with van der Waals surface area (Å²) in [4.78, 5) is 24.9. The zero-order valence-corrected chi connectivity index (χ0v) is 21.7. The standard InChI is InChI=1S/C24H30N6O2S.ClH/c1-26(2)13-7-15-28-19-11-12-20(30(31)32)22-21(19)23(17-9-5-6-10-18(17)25-22)29(24(28)33)16-8-14-27(3)4;/h5-6,9-12H,7-8,13-16H2,1-4H3;1H. The summed E-state index contributed by atoms with van der Waals surface area (Å²) in [6.45, 7) is 3.32. The number of thiocarbonyl (C=S) groups is 1. The van der Waals surface area contributed by atoms with Gasteiger partial charge in [-0.2, -0.15) is 0 Å². The van der Waals surface area contributed by atoms with E-state index in [0.29, 0.717) is 5.52 Å². The van der Waals surface area contributed by atoms with E-state index < -0.39 is 0 Å². The summed E-state index contributed by atoms with van der Waals surface area (Å²) in [5.74, 6) is 0. The van der Waals surface area contributed by atoms with Crippen LogP contribution >= 0.6 is 24.6 Å². The number of nitro groups is 1. The number of non-ortho nitro benzene ring substituents is 1. The zero-order chi connectivity index (χ0) is 23.7. The number of pyridine rings is 1. The highest BCUT2D eigenvalue weighted by Gasteiger charge is 2.33. The van der Waals surface area contributed by atoms with Gasteiger partial charge in [0.25, 0.3) is 5.69 Å². The topological polar surface area (TPSA) is 69.0 Å². The summed E-state index contributed by atoms with van der Waals surface area (Å²) in [5, 5.41) is 14.4. The average Bonchev–Trinajstić information content (AvgIpc) is 2.76. The maximum absolute atomic E-state index is 11.9. The zero-order valence-electron chi connectivity index (χ0n) is 20.0. The van der Waals surface area contributed by atoms with Crippen molar-refractivity contribution in [2.45, 2.75) is 12.8 Å². The van der Waals surface area contributed by atoms with Crippen molar-refractivity contribution in [1.82, 2.24) is 14.8 Å². The van der Waals surface area contributed by atoms with Crippen LogP contribution in [0.25, 0.3) is 21.8 Å². The van der Waals surface area contributed by atoms with E-state index in [2.05, 4.69) is 47.8 Å². The molecule has 0 aliphatic carbocycles. The molecule has 1 aromatic heterocycles. The second-order valence-corrected chi connectivity index (χ2v) is 9.33. The lowest BCUT2D eigenvalue weighted by molar-refractivity contribution is -0.383. The number of nitrogens with zero attached hydrogens (tertiary/aromatic N) is 6. The fraction of sp³-hybridized carbons (Fsp3) is 0.417. The maximum Gasteiger partial charge on any atom is 0.295 e. The minimum Gasteiger partial charge on any atom is -0.318 e. The lowest BCUT2D eigenvalue weighted by atomic mass is 10.0. The Balaban J connectivity index is 0.00000324. The highest BCUT2D eigenvalue weighted by atomic mass is 35.5. The van der Waals surface area contributed by atoms with Crippen molar-refractivity contribution in [2.75, 3.05) is 64.2 Å². The van der Waals surface area contributed by atoms with Crippen LogP contribution in [0.15, 0.2) is 36.4 Å². The Labute approximate surface area is 211 Å². The van der Waals surface area contributed by atoms with Crippen LogP contribution in [0.3, 0.4) is 0 Å². The van der Waals surface area contributed by atoms with Crippen LogP contribution in [-0.2, 0) is 0 Å². The van der Waals surface area contributed by atoms with E-state index in [1.165, 1.54) is 0 Å². The molecule has 34 heavy (non-hydrogen) atoms. The monoisotopic (exact) mass is 502 g/mol. The van der Waals surface area contributed by atoms with Gasteiger partial charge in [0.1, 0.15) is 0 Å². The van der Waals surface area contributed by atoms with Crippen LogP contribution in [0.2, 0.25) is 0 Å². The molecule has 8 nitrogen and oxygen atoms in total. The van der Waals surface area contributed by atoms with Crippen molar-refractivity contribution in [2.24, 2.45) is 0 Å². The lowest BCUT2D eigenvalue weighted by Crippen LogP contribution is -2.48. The van der Waals surface area contributed by atoms with Gasteiger partial charge >= 0.3 is 0 Å². The Hall–Kier alpha value is -2.59. The minimum atomic E-state index is -0.343. The second-order valence-electron chi connectivity index (χ2n) is 8.96. The molecule has 3 aromatic rings. The predicted octanol–water partition coefficient (Wildman–Crippen LogP) is 4.53. The van der Waals surface area contributed by atoms with Crippen LogP contribution in [0, 0.1) is 10.1 Å². The summed E-state index contributed by atoms with van der Waals surface area (Å²) in [6, 6.07) is 11.2. The van der Waals surface area contributed by atoms with E-state index >= 15 is 0 Å². The smallest absolute Gasteiger partial charge is 0.295 e. The van der Waals surface area contributed by atoms with Crippen LogP contribution < -0.4 is 9.80 Å². The number of anilines is 2. The number of aromatic nitrogens is 1. The third-order valence-corrected chi connectivity index (χ3v) is 6.40. The molecule has 2 aromatic carbocycles. The van der Waals surface area contributed by atoms with Gasteiger partial charge < -0.3 is 19.6 Å². The Kier molecular flexibility index (Phi) is 8.25. The van der Waals surface area contributed by atoms with Crippen LogP contribution in [0.5, 0.6) is 0 Å². The number of para-hydroxylation sites is 1. The van der Waals surface area contributed by atoms with Crippen molar-refractivity contribution in [3.05, 3.63) is 46.5 Å². The maximum atomic E-state index is 11.9. The number of benzene rings is 2. The van der Waals surface area contributed by atoms with E-state index in [1.807, 2.05) is 30.3 Å². The number of hydrogen-bond donors (Lipinski definition) is 0. The molecule has 1 aliphatic heterocycles. The van der Waals surface area contributed by atoms with Crippen molar-refractivity contribution in [3.63, 3.8) is 0 Å². The molecule has 0 radical (unpaired) electrons. The van der Waals surface area contributed by atoms with Crippen LogP contribution in [-0.4, -0.2) is 79.2 Å². The van der Waals surface area contributed by atoms with Gasteiger partial charge in [0.05, 0.1) is 27.2 Å². The van der Waals surface area contributed by atoms with Gasteiger partial charge in [-0.05, 0) is 78.5 Å². The third kappa shape index (κ3) is 4.93. The molecule has 0 saturated carbocycles. The molecule has 0 spiro atoms. The number of rotatable bonds is 9. The number of nitro benzene ring substituents is 1. The second kappa shape index (κ2) is 10.8. The van der Waals surface area contributed by atoms with Crippen molar-refractivity contribution in [1.29, 1.82) is 0 Å². The minimum absolute atomic E-state index is 0. The summed E-state index contributed by atoms with van der Waals surface area (Å²) >= 11 is 6.05. The van der Waals surface area contributed by atoms with Gasteiger partial charge in [-0.25, -0.2) is 4.98 Å². The summed E-state index contributed by atoms with van der Waals surface area (Å²) in [6.07, 6.45) is 1.84. The van der Waals surface area contributed by atoms with Gasteiger partial charge in [-0.1, -0.05) is 18.2 Å². The fourth-order valence-corrected chi connectivity index (χ4v) is 4.83. The van der Waals surface area contributed by atoms with Crippen molar-refractivity contribution < 1.29 is 4.92 Å². The van der Waals surface area contributed by atoms with Gasteiger partial charge in [0.2, 0.25) is 0 Å². The molecule has 0 unspecified atom stereocenters. The largest absolute Gasteiger partial charge is 0.318 e. The Morgan fingerprint density at radius 2 is 1.59 bits per heavy atom. The SMILES string of the molecule is CN(C)CCCN1C(=S)N(CCCN(C)C)c2c3ccccc3nc3c([N+](=O)[O-])ccc1c23.Cl. The molecule has 4 rings (SSSR count). The quantitative estimate of drug-likeness (QED) is 0.183. The van der Waals surface area contributed by atoms with Crippen molar-refractivity contribution >= 4 is 68.6 Å². The first-order chi connectivity index (χ1) is 15.8. The number of hydrogen-bond acceptors (Lipinski definition) is 6. The molecule has 2 heterocycles. The molecule has 1 aliphatic rings. The molecule has 0 amide bonds. The van der Waals surface area contributed by atoms with Gasteiger partial charge in [0.15, 0.2) is 10.6 Å². The third-order valence-electron chi connectivity index (χ3n) is 5.96. The first-order valence-electron chi connectivity index (χ1n) is 11.2. The number of fused-ring (bicyclic) bond motifs is 2. The summed E-state index contributed by atoms with van der Waals surface area (Å²) in [7, 11) is 8.22. The molecule has 0 bridgehead atoms. The van der Waals surface area contributed by atoms with Crippen LogP contribution in [0.4, 0.5) is 17.1 Å². The van der Waals surface area contributed by atoms with Gasteiger partial charge in [0, 0.05) is 24.5 Å². The van der Waals surface area contributed by atoms with E-state index in [9.17, 15) is 10.1 Å². The van der Waals surface area contributed by atoms with Crippen molar-refractivity contribution in [3.8, 4) is 0 Å². The molecule has 0 saturated heterocycles. The highest BCUT2D eigenvalue weighted by Crippen LogP contribution is 2.46. The molecule has 10 heteroatoms. The van der Waals surface area contributed by atoms with E-state index in [-0.39, 0.29) is 23.0 Å². The van der Waals surface area contributed by atoms with Gasteiger partial charge in [-0.3, -0.25) is 10.1 Å². The van der Waals surface area contributed by atoms with E-state index in [4.69, 9.17) is 17.2 Å². The predicted molar refractivity (Wildman–Crippen MR) is 147 cm³/mol. The van der Waals surface area contributed by atoms with E-state index in [1.54, 1.807) is 6.07 Å². The first-order valence-corrected chi connectivity index (χ1v) is 11.6. The highest BCUT2D eigenvalue weighted by molar-refractivity contribution is 7.80. The molecule has 0 N–H and O–H groups in total. The average molecular weight is 503 g/mol. The Bertz CT molecular complexity index is 1220. The molecular weight excluding hydrogens is 472 g/mol. The molecule has 0 fully saturated rings. The molecular formula is C24H31ClN6O2S. The first kappa shape index (κ1) is 26.0. The van der Waals surface area contributed by atoms with Gasteiger partial charge in [-0.15, -0.1) is 12.4 Å². The van der Waals surface area contributed by atoms with E-state index in [0.717, 1.165) is 71.8 Å². The summed E-state index contributed by atoms with van der Waals surface area (Å²) in [5.41, 5.74) is 3.01. The van der Waals surface area contributed by atoms with Crippen LogP contribution in [0.1, 0.15) is 12.8 Å².